The zero-order chi connectivity index (χ0) is 20.3. The third-order valence-electron chi connectivity index (χ3n) is 5.05. The number of H-pyrrole nitrogens is 1. The smallest absolute Gasteiger partial charge is 0.236 e. The van der Waals surface area contributed by atoms with E-state index >= 15 is 0 Å². The normalized spacial score (nSPS) is 16.4. The number of fused-ring (bicyclic) bond motifs is 1. The Morgan fingerprint density at radius 2 is 1.76 bits per heavy atom. The highest BCUT2D eigenvalue weighted by Crippen LogP contribution is 2.22. The quantitative estimate of drug-likeness (QED) is 0.675. The number of rotatable bonds is 5. The molecule has 29 heavy (non-hydrogen) atoms. The SMILES string of the molecule is O=C(Nc1nc2ccccc2[nH]1)C1CCN(S(=O)(=O)C=Cc2ccccc2)CC1. The number of amides is 1. The van der Waals surface area contributed by atoms with Gasteiger partial charge in [-0.25, -0.2) is 13.4 Å². The van der Waals surface area contributed by atoms with Crippen LogP contribution in [0.25, 0.3) is 17.1 Å². The van der Waals surface area contributed by atoms with E-state index in [-0.39, 0.29) is 11.8 Å². The second-order valence-corrected chi connectivity index (χ2v) is 8.84. The van der Waals surface area contributed by atoms with E-state index in [4.69, 9.17) is 0 Å². The van der Waals surface area contributed by atoms with Gasteiger partial charge in [0.15, 0.2) is 0 Å². The number of nitrogens with one attached hydrogen (secondary N) is 2. The van der Waals surface area contributed by atoms with Crippen LogP contribution in [0.3, 0.4) is 0 Å². The fraction of sp³-hybridized carbons (Fsp3) is 0.238. The summed E-state index contributed by atoms with van der Waals surface area (Å²) in [5, 5.41) is 4.05. The van der Waals surface area contributed by atoms with Crippen LogP contribution in [0.4, 0.5) is 5.95 Å². The average molecular weight is 410 g/mol. The number of nitrogens with zero attached hydrogens (tertiary/aromatic N) is 2. The van der Waals surface area contributed by atoms with Crippen molar-refractivity contribution in [1.82, 2.24) is 14.3 Å². The largest absolute Gasteiger partial charge is 0.324 e. The summed E-state index contributed by atoms with van der Waals surface area (Å²) in [7, 11) is -3.50. The van der Waals surface area contributed by atoms with Crippen molar-refractivity contribution in [2.24, 2.45) is 5.92 Å². The molecule has 1 amide bonds. The number of carbonyl (C=O) groups excluding carboxylic acids is 1. The van der Waals surface area contributed by atoms with Crippen LogP contribution in [-0.4, -0.2) is 41.7 Å². The van der Waals surface area contributed by atoms with Crippen LogP contribution in [0.1, 0.15) is 18.4 Å². The van der Waals surface area contributed by atoms with Crippen LogP contribution < -0.4 is 5.32 Å². The van der Waals surface area contributed by atoms with Gasteiger partial charge in [-0.15, -0.1) is 0 Å². The molecule has 0 aliphatic carbocycles. The Hall–Kier alpha value is -2.97. The third kappa shape index (κ3) is 4.55. The Morgan fingerprint density at radius 1 is 1.07 bits per heavy atom. The lowest BCUT2D eigenvalue weighted by Crippen LogP contribution is -2.40. The summed E-state index contributed by atoms with van der Waals surface area (Å²) in [5.74, 6) is 0.0331. The molecule has 0 atom stereocenters. The molecule has 3 aromatic rings. The summed E-state index contributed by atoms with van der Waals surface area (Å²) < 4.78 is 26.5. The molecule has 1 aliphatic heterocycles. The van der Waals surface area contributed by atoms with Crippen molar-refractivity contribution >= 4 is 39.0 Å². The Balaban J connectivity index is 1.34. The van der Waals surface area contributed by atoms with Gasteiger partial charge in [0.2, 0.25) is 21.9 Å². The lowest BCUT2D eigenvalue weighted by Gasteiger charge is -2.29. The predicted octanol–water partition coefficient (Wildman–Crippen LogP) is 3.21. The first kappa shape index (κ1) is 19.4. The van der Waals surface area contributed by atoms with E-state index in [1.807, 2.05) is 54.6 Å². The van der Waals surface area contributed by atoms with Crippen molar-refractivity contribution in [2.75, 3.05) is 18.4 Å². The van der Waals surface area contributed by atoms with Gasteiger partial charge in [-0.2, -0.15) is 4.31 Å². The van der Waals surface area contributed by atoms with Gasteiger partial charge in [0, 0.05) is 24.4 Å². The molecule has 1 aliphatic rings. The summed E-state index contributed by atoms with van der Waals surface area (Å²) in [6.45, 7) is 0.638. The standard InChI is InChI=1S/C21H22N4O3S/c26-20(24-21-22-18-8-4-5-9-19(18)23-21)17-10-13-25(14-11-17)29(27,28)15-12-16-6-2-1-3-7-16/h1-9,12,15,17H,10-11,13-14H2,(H2,22,23,24,26). The topological polar surface area (TPSA) is 95.2 Å². The van der Waals surface area contributed by atoms with Gasteiger partial charge in [0.05, 0.1) is 11.0 Å². The minimum atomic E-state index is -3.50. The molecule has 150 valence electrons. The van der Waals surface area contributed by atoms with Crippen LogP contribution in [0, 0.1) is 5.92 Å². The van der Waals surface area contributed by atoms with Crippen LogP contribution >= 0.6 is 0 Å². The van der Waals surface area contributed by atoms with E-state index in [0.717, 1.165) is 16.6 Å². The monoisotopic (exact) mass is 410 g/mol. The van der Waals surface area contributed by atoms with Crippen molar-refractivity contribution in [2.45, 2.75) is 12.8 Å². The number of carbonyl (C=O) groups is 1. The van der Waals surface area contributed by atoms with Crippen LogP contribution in [0.15, 0.2) is 60.0 Å². The highest BCUT2D eigenvalue weighted by Gasteiger charge is 2.30. The number of piperidine rings is 1. The Bertz CT molecular complexity index is 1100. The van der Waals surface area contributed by atoms with Crippen LogP contribution in [-0.2, 0) is 14.8 Å². The zero-order valence-electron chi connectivity index (χ0n) is 15.8. The van der Waals surface area contributed by atoms with Gasteiger partial charge in [-0.1, -0.05) is 42.5 Å². The maximum absolute atomic E-state index is 12.6. The number of aromatic amines is 1. The first-order chi connectivity index (χ1) is 14.0. The van der Waals surface area contributed by atoms with Crippen LogP contribution in [0.2, 0.25) is 0 Å². The van der Waals surface area contributed by atoms with E-state index in [9.17, 15) is 13.2 Å². The van der Waals surface area contributed by atoms with E-state index < -0.39 is 10.0 Å². The number of aromatic nitrogens is 2. The zero-order valence-corrected chi connectivity index (χ0v) is 16.6. The highest BCUT2D eigenvalue weighted by molar-refractivity contribution is 7.92. The molecular formula is C21H22N4O3S. The first-order valence-electron chi connectivity index (χ1n) is 9.50. The van der Waals surface area contributed by atoms with E-state index in [2.05, 4.69) is 15.3 Å². The lowest BCUT2D eigenvalue weighted by molar-refractivity contribution is -0.120. The summed E-state index contributed by atoms with van der Waals surface area (Å²) in [5.41, 5.74) is 2.47. The summed E-state index contributed by atoms with van der Waals surface area (Å²) in [4.78, 5) is 20.0. The maximum atomic E-state index is 12.6. The number of hydrogen-bond donors (Lipinski definition) is 2. The molecular weight excluding hydrogens is 388 g/mol. The molecule has 1 fully saturated rings. The molecule has 1 aromatic heterocycles. The molecule has 0 spiro atoms. The molecule has 2 heterocycles. The molecule has 7 nitrogen and oxygen atoms in total. The van der Waals surface area contributed by atoms with Crippen molar-refractivity contribution < 1.29 is 13.2 Å². The molecule has 1 saturated heterocycles. The first-order valence-corrected chi connectivity index (χ1v) is 11.0. The molecule has 2 aromatic carbocycles. The minimum absolute atomic E-state index is 0.138. The highest BCUT2D eigenvalue weighted by atomic mass is 32.2. The molecule has 0 saturated carbocycles. The number of benzene rings is 2. The van der Waals surface area contributed by atoms with Crippen molar-refractivity contribution in [1.29, 1.82) is 0 Å². The number of anilines is 1. The molecule has 0 bridgehead atoms. The summed E-state index contributed by atoms with van der Waals surface area (Å²) in [6, 6.07) is 16.8. The number of para-hydroxylation sites is 2. The lowest BCUT2D eigenvalue weighted by atomic mass is 9.97. The van der Waals surface area contributed by atoms with Crippen molar-refractivity contribution in [3.8, 4) is 0 Å². The average Bonchev–Trinajstić information content (AvgIpc) is 3.15. The van der Waals surface area contributed by atoms with E-state index in [0.29, 0.717) is 31.9 Å². The fourth-order valence-electron chi connectivity index (χ4n) is 3.42. The van der Waals surface area contributed by atoms with E-state index in [1.165, 1.54) is 9.71 Å². The fourth-order valence-corrected chi connectivity index (χ4v) is 4.64. The number of imidazole rings is 1. The minimum Gasteiger partial charge on any atom is -0.324 e. The molecule has 2 N–H and O–H groups in total. The Morgan fingerprint density at radius 3 is 2.48 bits per heavy atom. The van der Waals surface area contributed by atoms with Gasteiger partial charge >= 0.3 is 0 Å². The van der Waals surface area contributed by atoms with Gasteiger partial charge in [0.25, 0.3) is 0 Å². The molecule has 4 rings (SSSR count). The second-order valence-electron chi connectivity index (χ2n) is 7.02. The number of hydrogen-bond acceptors (Lipinski definition) is 4. The van der Waals surface area contributed by atoms with Gasteiger partial charge in [-0.3, -0.25) is 10.1 Å². The summed E-state index contributed by atoms with van der Waals surface area (Å²) >= 11 is 0. The summed E-state index contributed by atoms with van der Waals surface area (Å²) in [6.07, 6.45) is 2.55. The van der Waals surface area contributed by atoms with Crippen molar-refractivity contribution in [3.63, 3.8) is 0 Å². The van der Waals surface area contributed by atoms with Gasteiger partial charge in [0.1, 0.15) is 0 Å². The number of sulfonamides is 1. The Kier molecular flexibility index (Phi) is 5.46. The maximum Gasteiger partial charge on any atom is 0.236 e. The predicted molar refractivity (Wildman–Crippen MR) is 113 cm³/mol. The Labute approximate surface area is 169 Å². The van der Waals surface area contributed by atoms with Crippen molar-refractivity contribution in [3.05, 3.63) is 65.6 Å². The molecule has 0 radical (unpaired) electrons. The second kappa shape index (κ2) is 8.18. The molecule has 0 unspecified atom stereocenters. The van der Waals surface area contributed by atoms with Gasteiger partial charge in [-0.05, 0) is 36.6 Å². The molecule has 8 heteroatoms. The third-order valence-corrected chi connectivity index (χ3v) is 6.61. The van der Waals surface area contributed by atoms with E-state index in [1.54, 1.807) is 6.08 Å². The van der Waals surface area contributed by atoms with Crippen LogP contribution in [0.5, 0.6) is 0 Å². The van der Waals surface area contributed by atoms with Gasteiger partial charge < -0.3 is 4.98 Å².